The highest BCUT2D eigenvalue weighted by Gasteiger charge is 2.89. The van der Waals surface area contributed by atoms with Crippen LogP contribution in [0, 0.1) is 20.9 Å². The molecular formula is C25H16BrNO7. The van der Waals surface area contributed by atoms with Gasteiger partial charge in [-0.15, -0.1) is 0 Å². The van der Waals surface area contributed by atoms with Crippen LogP contribution >= 0.6 is 15.9 Å². The monoisotopic (exact) mass is 521 g/mol. The number of ketones is 1. The fourth-order valence-electron chi connectivity index (χ4n) is 4.93. The molecule has 1 aliphatic heterocycles. The number of nitrogens with zero attached hydrogens (tertiary/aromatic N) is 1. The summed E-state index contributed by atoms with van der Waals surface area (Å²) >= 11 is 3.34. The minimum Gasteiger partial charge on any atom is -0.426 e. The zero-order chi connectivity index (χ0) is 24.3. The van der Waals surface area contributed by atoms with Crippen molar-refractivity contribution in [2.75, 3.05) is 0 Å². The second-order valence-corrected chi connectivity index (χ2v) is 9.26. The summed E-state index contributed by atoms with van der Waals surface area (Å²) in [5.74, 6) is -2.68. The highest BCUT2D eigenvalue weighted by molar-refractivity contribution is 9.10. The van der Waals surface area contributed by atoms with E-state index in [4.69, 9.17) is 9.47 Å². The van der Waals surface area contributed by atoms with Crippen molar-refractivity contribution >= 4 is 39.3 Å². The molecule has 3 atom stereocenters. The second kappa shape index (κ2) is 7.59. The lowest BCUT2D eigenvalue weighted by atomic mass is 9.87. The van der Waals surface area contributed by atoms with Crippen LogP contribution in [0.25, 0.3) is 0 Å². The minimum absolute atomic E-state index is 0.0146. The van der Waals surface area contributed by atoms with E-state index < -0.39 is 33.6 Å². The molecule has 0 unspecified atom stereocenters. The largest absolute Gasteiger partial charge is 0.426 e. The van der Waals surface area contributed by atoms with Gasteiger partial charge >= 0.3 is 11.9 Å². The van der Waals surface area contributed by atoms with E-state index >= 15 is 0 Å². The van der Waals surface area contributed by atoms with Crippen LogP contribution < -0.4 is 9.47 Å². The molecule has 1 saturated carbocycles. The molecule has 8 nitrogen and oxygen atoms in total. The fourth-order valence-corrected chi connectivity index (χ4v) is 5.20. The number of halogens is 1. The first-order valence-corrected chi connectivity index (χ1v) is 11.1. The Morgan fingerprint density at radius 1 is 1.03 bits per heavy atom. The summed E-state index contributed by atoms with van der Waals surface area (Å²) in [5.41, 5.74) is -2.62. The third-order valence-electron chi connectivity index (χ3n) is 6.66. The number of hydrogen-bond acceptors (Lipinski definition) is 7. The van der Waals surface area contributed by atoms with Gasteiger partial charge in [0.2, 0.25) is 0 Å². The number of rotatable bonds is 5. The van der Waals surface area contributed by atoms with Crippen molar-refractivity contribution in [3.8, 4) is 11.5 Å². The number of para-hydroxylation sites is 1. The number of fused-ring (bicyclic) bond motifs is 3. The molecule has 2 aliphatic rings. The molecule has 0 aromatic heterocycles. The smallest absolute Gasteiger partial charge is 0.330 e. The molecule has 0 radical (unpaired) electrons. The third-order valence-corrected chi connectivity index (χ3v) is 7.19. The summed E-state index contributed by atoms with van der Waals surface area (Å²) in [4.78, 5) is 51.0. The Hall–Kier alpha value is -3.85. The SMILES string of the molecule is C[C@@]1(C(=O)c2ccc(Br)cc2)[C@H]2c3ccccc3OC(=O)[C@@]21C(=O)Oc1ccc([N+](=O)[O-])cc1. The summed E-state index contributed by atoms with van der Waals surface area (Å²) < 4.78 is 11.8. The van der Waals surface area contributed by atoms with Gasteiger partial charge in [0.25, 0.3) is 5.69 Å². The van der Waals surface area contributed by atoms with E-state index in [0.717, 1.165) is 4.47 Å². The number of carbonyl (C=O) groups excluding carboxylic acids is 3. The number of esters is 2. The number of hydrogen-bond donors (Lipinski definition) is 0. The van der Waals surface area contributed by atoms with E-state index in [9.17, 15) is 24.5 Å². The van der Waals surface area contributed by atoms with Crippen molar-refractivity contribution in [2.24, 2.45) is 10.8 Å². The van der Waals surface area contributed by atoms with Crippen LogP contribution in [0.5, 0.6) is 11.5 Å². The molecule has 0 amide bonds. The highest BCUT2D eigenvalue weighted by Crippen LogP contribution is 2.78. The first-order chi connectivity index (χ1) is 16.2. The molecule has 0 N–H and O–H groups in total. The summed E-state index contributed by atoms with van der Waals surface area (Å²) in [6.07, 6.45) is 0. The van der Waals surface area contributed by atoms with E-state index in [0.29, 0.717) is 16.9 Å². The van der Waals surface area contributed by atoms with Gasteiger partial charge in [-0.05, 0) is 37.3 Å². The van der Waals surface area contributed by atoms with Crippen LogP contribution in [-0.4, -0.2) is 22.6 Å². The van der Waals surface area contributed by atoms with Gasteiger partial charge < -0.3 is 9.47 Å². The van der Waals surface area contributed by atoms with E-state index in [1.165, 1.54) is 24.3 Å². The zero-order valence-corrected chi connectivity index (χ0v) is 19.3. The zero-order valence-electron chi connectivity index (χ0n) is 17.7. The second-order valence-electron chi connectivity index (χ2n) is 8.35. The van der Waals surface area contributed by atoms with E-state index in [1.807, 2.05) is 0 Å². The van der Waals surface area contributed by atoms with Crippen LogP contribution in [-0.2, 0) is 9.59 Å². The number of non-ortho nitro benzene ring substituents is 1. The van der Waals surface area contributed by atoms with Crippen LogP contribution in [0.3, 0.4) is 0 Å². The Morgan fingerprint density at radius 3 is 2.32 bits per heavy atom. The predicted octanol–water partition coefficient (Wildman–Crippen LogP) is 4.85. The highest BCUT2D eigenvalue weighted by atomic mass is 79.9. The molecule has 0 saturated heterocycles. The van der Waals surface area contributed by atoms with Crippen LogP contribution in [0.4, 0.5) is 5.69 Å². The van der Waals surface area contributed by atoms with Crippen molar-refractivity contribution in [1.82, 2.24) is 0 Å². The van der Waals surface area contributed by atoms with Crippen LogP contribution in [0.15, 0.2) is 77.3 Å². The lowest BCUT2D eigenvalue weighted by molar-refractivity contribution is -0.384. The molecule has 0 bridgehead atoms. The molecule has 1 aliphatic carbocycles. The summed E-state index contributed by atoms with van der Waals surface area (Å²) in [5, 5.41) is 10.9. The quantitative estimate of drug-likeness (QED) is 0.118. The Balaban J connectivity index is 1.59. The van der Waals surface area contributed by atoms with Crippen molar-refractivity contribution in [1.29, 1.82) is 0 Å². The van der Waals surface area contributed by atoms with Crippen molar-refractivity contribution in [2.45, 2.75) is 12.8 Å². The normalized spacial score (nSPS) is 24.3. The van der Waals surface area contributed by atoms with Crippen LogP contribution in [0.1, 0.15) is 28.8 Å². The van der Waals surface area contributed by atoms with Crippen molar-refractivity contribution in [3.63, 3.8) is 0 Å². The molecule has 34 heavy (non-hydrogen) atoms. The molecule has 170 valence electrons. The number of nitro benzene ring substituents is 1. The van der Waals surface area contributed by atoms with Gasteiger partial charge in [-0.2, -0.15) is 0 Å². The van der Waals surface area contributed by atoms with Gasteiger partial charge in [-0.1, -0.05) is 46.3 Å². The standard InChI is InChI=1S/C25H16BrNO7/c1-24(21(28)14-6-8-15(26)9-7-14)20-18-4-2-3-5-19(18)34-23(30)25(20,24)22(29)33-17-12-10-16(11-13-17)27(31)32/h2-13,20H,1H3/t20-,24+,25+/m1/s1. The maximum absolute atomic E-state index is 13.7. The average molecular weight is 522 g/mol. The average Bonchev–Trinajstić information content (AvgIpc) is 3.43. The molecule has 0 spiro atoms. The fraction of sp³-hybridized carbons (Fsp3) is 0.160. The van der Waals surface area contributed by atoms with Crippen molar-refractivity contribution in [3.05, 3.63) is 98.5 Å². The van der Waals surface area contributed by atoms with E-state index in [2.05, 4.69) is 15.9 Å². The van der Waals surface area contributed by atoms with Gasteiger partial charge in [0, 0.05) is 33.7 Å². The number of carbonyl (C=O) groups is 3. The Labute approximate surface area is 201 Å². The Morgan fingerprint density at radius 2 is 1.68 bits per heavy atom. The lowest BCUT2D eigenvalue weighted by Crippen LogP contribution is -2.41. The van der Waals surface area contributed by atoms with Gasteiger partial charge in [0.05, 0.1) is 10.3 Å². The molecule has 3 aromatic rings. The molecular weight excluding hydrogens is 506 g/mol. The molecule has 9 heteroatoms. The van der Waals surface area contributed by atoms with Crippen LogP contribution in [0.2, 0.25) is 0 Å². The summed E-state index contributed by atoms with van der Waals surface area (Å²) in [6, 6.07) is 18.3. The number of benzene rings is 3. The molecule has 1 fully saturated rings. The number of ether oxygens (including phenoxy) is 2. The van der Waals surface area contributed by atoms with Gasteiger partial charge in [0.15, 0.2) is 11.2 Å². The molecule has 1 heterocycles. The number of nitro groups is 1. The van der Waals surface area contributed by atoms with Gasteiger partial charge in [0.1, 0.15) is 11.5 Å². The summed E-state index contributed by atoms with van der Waals surface area (Å²) in [6.45, 7) is 1.57. The minimum atomic E-state index is -1.90. The maximum Gasteiger partial charge on any atom is 0.330 e. The van der Waals surface area contributed by atoms with Crippen molar-refractivity contribution < 1.29 is 28.8 Å². The Bertz CT molecular complexity index is 1370. The summed E-state index contributed by atoms with van der Waals surface area (Å²) in [7, 11) is 0. The Kier molecular flexibility index (Phi) is 4.91. The predicted molar refractivity (Wildman–Crippen MR) is 123 cm³/mol. The molecule has 5 rings (SSSR count). The first-order valence-electron chi connectivity index (χ1n) is 10.3. The first kappa shape index (κ1) is 22.0. The van der Waals surface area contributed by atoms with E-state index in [1.54, 1.807) is 55.5 Å². The number of Topliss-reactive ketones (excluding diaryl/α,β-unsaturated/α-hetero) is 1. The van der Waals surface area contributed by atoms with Gasteiger partial charge in [-0.3, -0.25) is 24.5 Å². The van der Waals surface area contributed by atoms with E-state index in [-0.39, 0.29) is 17.2 Å². The molecule has 3 aromatic carbocycles. The third kappa shape index (κ3) is 2.93. The maximum atomic E-state index is 13.7. The van der Waals surface area contributed by atoms with Gasteiger partial charge in [-0.25, -0.2) is 0 Å². The lowest BCUT2D eigenvalue weighted by Gasteiger charge is -2.22. The topological polar surface area (TPSA) is 113 Å².